The molecule has 0 amide bonds. The first-order valence-electron chi connectivity index (χ1n) is 7.62. The Hall–Kier alpha value is -2.56. The number of carbonyl (C=O) groups is 2. The summed E-state index contributed by atoms with van der Waals surface area (Å²) in [5.74, 6) is 0.513. The lowest BCUT2D eigenvalue weighted by molar-refractivity contribution is -0.110. The van der Waals surface area contributed by atoms with Crippen LogP contribution in [0.1, 0.15) is 37.6 Å². The summed E-state index contributed by atoms with van der Waals surface area (Å²) in [6, 6.07) is 4.84. The Morgan fingerprint density at radius 1 is 1.00 bits per heavy atom. The van der Waals surface area contributed by atoms with Gasteiger partial charge in [-0.2, -0.15) is 0 Å². The third kappa shape index (κ3) is 6.28. The molecule has 0 aliphatic rings. The molecule has 1 rings (SSSR count). The van der Waals surface area contributed by atoms with E-state index in [1.54, 1.807) is 30.4 Å². The normalized spacial score (nSPS) is 10.8. The molecule has 0 unspecified atom stereocenters. The van der Waals surface area contributed by atoms with Crippen LogP contribution in [-0.4, -0.2) is 32.6 Å². The third-order valence-electron chi connectivity index (χ3n) is 3.17. The van der Waals surface area contributed by atoms with Crippen LogP contribution in [0.25, 0.3) is 0 Å². The third-order valence-corrected chi connectivity index (χ3v) is 3.17. The summed E-state index contributed by atoms with van der Waals surface area (Å²) >= 11 is 0. The first-order valence-corrected chi connectivity index (χ1v) is 7.62. The van der Waals surface area contributed by atoms with Crippen LogP contribution in [0.4, 0.5) is 0 Å². The Balaban J connectivity index is 2.59. The number of rotatable bonds is 8. The van der Waals surface area contributed by atoms with Crippen molar-refractivity contribution in [1.29, 1.82) is 0 Å². The van der Waals surface area contributed by atoms with E-state index >= 15 is 0 Å². The van der Waals surface area contributed by atoms with Crippen LogP contribution >= 0.6 is 0 Å². The molecule has 0 saturated carbocycles. The number of hydrogen-bond acceptors (Lipinski definition) is 5. The maximum Gasteiger partial charge on any atom is 0.338 e. The van der Waals surface area contributed by atoms with E-state index in [0.29, 0.717) is 23.5 Å². The fraction of sp³-hybridized carbons (Fsp3) is 0.368. The van der Waals surface area contributed by atoms with Crippen molar-refractivity contribution in [2.45, 2.75) is 27.2 Å². The summed E-state index contributed by atoms with van der Waals surface area (Å²) in [5.41, 5.74) is 2.19. The highest BCUT2D eigenvalue weighted by atomic mass is 16.5. The molecular formula is C19H24O5. The highest BCUT2D eigenvalue weighted by Crippen LogP contribution is 2.27. The molecule has 1 aromatic carbocycles. The average Bonchev–Trinajstić information content (AvgIpc) is 2.52. The van der Waals surface area contributed by atoms with Crippen molar-refractivity contribution in [1.82, 2.24) is 0 Å². The maximum absolute atomic E-state index is 12.0. The highest BCUT2D eigenvalue weighted by Gasteiger charge is 2.11. The van der Waals surface area contributed by atoms with Gasteiger partial charge < -0.3 is 14.2 Å². The van der Waals surface area contributed by atoms with Crippen molar-refractivity contribution >= 4 is 11.8 Å². The molecule has 0 aliphatic heterocycles. The number of benzene rings is 1. The average molecular weight is 332 g/mol. The topological polar surface area (TPSA) is 61.8 Å². The van der Waals surface area contributed by atoms with E-state index in [1.807, 2.05) is 20.8 Å². The van der Waals surface area contributed by atoms with Crippen molar-refractivity contribution in [2.75, 3.05) is 20.8 Å². The van der Waals surface area contributed by atoms with Gasteiger partial charge in [0.05, 0.1) is 26.4 Å². The first kappa shape index (κ1) is 19.5. The van der Waals surface area contributed by atoms with Crippen LogP contribution in [0.3, 0.4) is 0 Å². The maximum atomic E-state index is 12.0. The summed E-state index contributed by atoms with van der Waals surface area (Å²) < 4.78 is 15.5. The summed E-state index contributed by atoms with van der Waals surface area (Å²) in [6.07, 6.45) is 3.62. The minimum absolute atomic E-state index is 0.0567. The molecule has 0 aromatic heterocycles. The minimum Gasteiger partial charge on any atom is -0.493 e. The lowest BCUT2D eigenvalue weighted by atomic mass is 10.1. The molecule has 0 aliphatic carbocycles. The van der Waals surface area contributed by atoms with E-state index in [9.17, 15) is 9.59 Å². The molecule has 0 heterocycles. The number of ketones is 1. The lowest BCUT2D eigenvalue weighted by Gasteiger charge is -2.09. The number of carbonyl (C=O) groups excluding carboxylic acids is 2. The standard InChI is InChI=1S/C19H24O5/c1-13(2)10-16(20)11-14(3)8-9-24-19(21)15-6-7-17(22-4)18(12-15)23-5/h6-7,10-12H,8-9H2,1-5H3/b14-11+. The molecule has 1 aromatic rings. The smallest absolute Gasteiger partial charge is 0.338 e. The van der Waals surface area contributed by atoms with Crippen LogP contribution in [0, 0.1) is 0 Å². The van der Waals surface area contributed by atoms with Crippen molar-refractivity contribution < 1.29 is 23.8 Å². The zero-order chi connectivity index (χ0) is 18.1. The largest absolute Gasteiger partial charge is 0.493 e. The molecule has 0 N–H and O–H groups in total. The minimum atomic E-state index is -0.445. The Morgan fingerprint density at radius 2 is 1.67 bits per heavy atom. The molecule has 5 heteroatoms. The van der Waals surface area contributed by atoms with E-state index in [-0.39, 0.29) is 12.4 Å². The second-order valence-electron chi connectivity index (χ2n) is 5.57. The van der Waals surface area contributed by atoms with Gasteiger partial charge in [-0.3, -0.25) is 4.79 Å². The highest BCUT2D eigenvalue weighted by molar-refractivity contribution is 6.00. The molecular weight excluding hydrogens is 308 g/mol. The predicted molar refractivity (Wildman–Crippen MR) is 92.6 cm³/mol. The number of methoxy groups -OCH3 is 2. The van der Waals surface area contributed by atoms with Crippen LogP contribution in [-0.2, 0) is 9.53 Å². The molecule has 0 saturated heterocycles. The SMILES string of the molecule is COc1ccc(C(=O)OCC/C(C)=C/C(=O)C=C(C)C)cc1OC. The van der Waals surface area contributed by atoms with Crippen LogP contribution in [0.5, 0.6) is 11.5 Å². The van der Waals surface area contributed by atoms with E-state index in [4.69, 9.17) is 14.2 Å². The Morgan fingerprint density at radius 3 is 2.25 bits per heavy atom. The van der Waals surface area contributed by atoms with Gasteiger partial charge in [-0.1, -0.05) is 11.1 Å². The Kier molecular flexibility index (Phi) is 7.75. The molecule has 24 heavy (non-hydrogen) atoms. The number of hydrogen-bond donors (Lipinski definition) is 0. The fourth-order valence-corrected chi connectivity index (χ4v) is 1.99. The number of ether oxygens (including phenoxy) is 3. The second kappa shape index (κ2) is 9.55. The monoisotopic (exact) mass is 332 g/mol. The van der Waals surface area contributed by atoms with E-state index < -0.39 is 5.97 Å². The summed E-state index contributed by atoms with van der Waals surface area (Å²) in [4.78, 5) is 23.7. The lowest BCUT2D eigenvalue weighted by Crippen LogP contribution is -2.07. The predicted octanol–water partition coefficient (Wildman–Crippen LogP) is 3.73. The van der Waals surface area contributed by atoms with Crippen LogP contribution in [0.2, 0.25) is 0 Å². The summed E-state index contributed by atoms with van der Waals surface area (Å²) in [7, 11) is 3.03. The van der Waals surface area contributed by atoms with Gasteiger partial charge in [0, 0.05) is 6.42 Å². The van der Waals surface area contributed by atoms with Crippen molar-refractivity contribution in [2.24, 2.45) is 0 Å². The van der Waals surface area contributed by atoms with Gasteiger partial charge in [0.2, 0.25) is 0 Å². The number of esters is 1. The fourth-order valence-electron chi connectivity index (χ4n) is 1.99. The number of allylic oxidation sites excluding steroid dienone is 3. The zero-order valence-corrected chi connectivity index (χ0v) is 14.8. The van der Waals surface area contributed by atoms with Gasteiger partial charge in [0.1, 0.15) is 0 Å². The molecule has 0 radical (unpaired) electrons. The van der Waals surface area contributed by atoms with E-state index in [0.717, 1.165) is 11.1 Å². The van der Waals surface area contributed by atoms with Gasteiger partial charge in [-0.25, -0.2) is 4.79 Å². The van der Waals surface area contributed by atoms with Crippen molar-refractivity contribution in [3.05, 3.63) is 47.1 Å². The van der Waals surface area contributed by atoms with E-state index in [2.05, 4.69) is 0 Å². The van der Waals surface area contributed by atoms with Crippen LogP contribution in [0.15, 0.2) is 41.5 Å². The van der Waals surface area contributed by atoms with Gasteiger partial charge in [-0.05, 0) is 51.1 Å². The first-order chi connectivity index (χ1) is 11.4. The molecule has 0 atom stereocenters. The van der Waals surface area contributed by atoms with E-state index in [1.165, 1.54) is 14.2 Å². The van der Waals surface area contributed by atoms with Gasteiger partial charge in [0.15, 0.2) is 17.3 Å². The van der Waals surface area contributed by atoms with Crippen molar-refractivity contribution in [3.63, 3.8) is 0 Å². The Bertz CT molecular complexity index is 652. The quantitative estimate of drug-likeness (QED) is 0.536. The van der Waals surface area contributed by atoms with Crippen LogP contribution < -0.4 is 9.47 Å². The zero-order valence-electron chi connectivity index (χ0n) is 14.8. The van der Waals surface area contributed by atoms with Gasteiger partial charge in [0.25, 0.3) is 0 Å². The van der Waals surface area contributed by atoms with Gasteiger partial charge >= 0.3 is 5.97 Å². The molecule has 0 fully saturated rings. The van der Waals surface area contributed by atoms with Gasteiger partial charge in [-0.15, -0.1) is 0 Å². The molecule has 0 spiro atoms. The molecule has 0 bridgehead atoms. The summed E-state index contributed by atoms with van der Waals surface area (Å²) in [6.45, 7) is 5.77. The Labute approximate surface area is 142 Å². The summed E-state index contributed by atoms with van der Waals surface area (Å²) in [5, 5.41) is 0. The van der Waals surface area contributed by atoms with Crippen molar-refractivity contribution in [3.8, 4) is 11.5 Å². The molecule has 5 nitrogen and oxygen atoms in total. The second-order valence-corrected chi connectivity index (χ2v) is 5.57. The molecule has 130 valence electrons.